The number of carbonyl (C=O) groups is 1. The first-order valence-electron chi connectivity index (χ1n) is 14.4. The summed E-state index contributed by atoms with van der Waals surface area (Å²) in [5, 5.41) is 19.7. The summed E-state index contributed by atoms with van der Waals surface area (Å²) in [4.78, 5) is 34.8. The minimum atomic E-state index is -4.09. The number of aliphatic hydroxyl groups is 1. The molecule has 2 aliphatic rings. The molecule has 1 unspecified atom stereocenters. The maximum absolute atomic E-state index is 15.6. The van der Waals surface area contributed by atoms with Crippen molar-refractivity contribution in [2.45, 2.75) is 36.8 Å². The van der Waals surface area contributed by atoms with Crippen LogP contribution in [0.3, 0.4) is 0 Å². The van der Waals surface area contributed by atoms with E-state index in [1.165, 1.54) is 31.5 Å². The van der Waals surface area contributed by atoms with Crippen molar-refractivity contribution in [3.63, 3.8) is 0 Å². The number of benzene rings is 2. The predicted molar refractivity (Wildman–Crippen MR) is 159 cm³/mol. The number of β-amino-alcohol motifs (C(OH)–C–C–N with tert-alkyl or cyclic N) is 1. The van der Waals surface area contributed by atoms with Crippen LogP contribution in [0.2, 0.25) is 0 Å². The van der Waals surface area contributed by atoms with Crippen molar-refractivity contribution in [2.75, 3.05) is 50.5 Å². The standard InChI is InChI=1S/C29H30F3N5O8S/c1-44-26-23-18(25(39)19(27(40)41)13-37(23)15-2-3-15)11-20(30)24(26)36-8-6-35(7-9-36)12-16(38)14-46(42,43)29-33-21-5-4-17(45-28(31)32)10-22(21)34-29/h4-5,10-11,13,15-16,28,38H,2-3,6-9,12,14H2,1H3,(H,33,34)(H,40,41). The van der Waals surface area contributed by atoms with E-state index in [2.05, 4.69) is 14.7 Å². The molecule has 0 bridgehead atoms. The summed E-state index contributed by atoms with van der Waals surface area (Å²) in [6.07, 6.45) is 1.53. The number of nitrogens with one attached hydrogen (secondary N) is 1. The van der Waals surface area contributed by atoms with Crippen molar-refractivity contribution in [1.82, 2.24) is 19.4 Å². The second-order valence-corrected chi connectivity index (χ2v) is 13.2. The maximum Gasteiger partial charge on any atom is 0.387 e. The summed E-state index contributed by atoms with van der Waals surface area (Å²) in [5.41, 5.74) is -0.403. The van der Waals surface area contributed by atoms with E-state index in [0.717, 1.165) is 18.9 Å². The maximum atomic E-state index is 15.6. The number of carboxylic acids is 1. The van der Waals surface area contributed by atoms with Gasteiger partial charge in [0.05, 0.1) is 40.9 Å². The van der Waals surface area contributed by atoms with Crippen LogP contribution in [0.1, 0.15) is 29.2 Å². The Hall–Kier alpha value is -4.35. The largest absolute Gasteiger partial charge is 0.492 e. The van der Waals surface area contributed by atoms with Gasteiger partial charge in [0.15, 0.2) is 11.6 Å². The molecule has 246 valence electrons. The molecule has 3 N–H and O–H groups in total. The van der Waals surface area contributed by atoms with E-state index in [9.17, 15) is 37.0 Å². The molecule has 0 spiro atoms. The third-order valence-electron chi connectivity index (χ3n) is 8.09. The van der Waals surface area contributed by atoms with Crippen molar-refractivity contribution in [3.05, 3.63) is 52.1 Å². The topological polar surface area (TPSA) is 167 Å². The number of halogens is 3. The van der Waals surface area contributed by atoms with Gasteiger partial charge in [0.1, 0.15) is 17.0 Å². The van der Waals surface area contributed by atoms with Crippen LogP contribution in [0.25, 0.3) is 21.9 Å². The van der Waals surface area contributed by atoms with Gasteiger partial charge in [0, 0.05) is 51.0 Å². The van der Waals surface area contributed by atoms with Crippen LogP contribution in [0.4, 0.5) is 18.9 Å². The summed E-state index contributed by atoms with van der Waals surface area (Å²) < 4.78 is 78.3. The zero-order chi connectivity index (χ0) is 32.9. The molecule has 2 aromatic carbocycles. The normalized spacial score (nSPS) is 16.8. The van der Waals surface area contributed by atoms with Crippen molar-refractivity contribution in [1.29, 1.82) is 0 Å². The van der Waals surface area contributed by atoms with Gasteiger partial charge < -0.3 is 34.1 Å². The van der Waals surface area contributed by atoms with E-state index < -0.39 is 56.2 Å². The fourth-order valence-corrected chi connectivity index (χ4v) is 7.12. The zero-order valence-corrected chi connectivity index (χ0v) is 25.3. The lowest BCUT2D eigenvalue weighted by Gasteiger charge is -2.37. The fraction of sp³-hybridized carbons (Fsp3) is 0.414. The molecule has 2 fully saturated rings. The van der Waals surface area contributed by atoms with Gasteiger partial charge in [-0.3, -0.25) is 9.69 Å². The third-order valence-corrected chi connectivity index (χ3v) is 9.70. The van der Waals surface area contributed by atoms with Crippen LogP contribution >= 0.6 is 0 Å². The molecule has 0 radical (unpaired) electrons. The predicted octanol–water partition coefficient (Wildman–Crippen LogP) is 2.62. The highest BCUT2D eigenvalue weighted by Gasteiger charge is 2.33. The molecular weight excluding hydrogens is 635 g/mol. The molecule has 1 aliphatic carbocycles. The SMILES string of the molecule is COc1c(N2CCN(CC(O)CS(=O)(=O)c3nc4ccc(OC(F)F)cc4[nH]3)CC2)c(F)cc2c(=O)c(C(=O)O)cn(C3CC3)c12. The second-order valence-electron chi connectivity index (χ2n) is 11.3. The molecule has 1 saturated carbocycles. The van der Waals surface area contributed by atoms with Crippen LogP contribution in [0.15, 0.2) is 40.4 Å². The Morgan fingerprint density at radius 2 is 1.89 bits per heavy atom. The van der Waals surface area contributed by atoms with E-state index in [1.54, 1.807) is 9.47 Å². The molecule has 13 nitrogen and oxygen atoms in total. The summed E-state index contributed by atoms with van der Waals surface area (Å²) in [6.45, 7) is -1.81. The number of aromatic nitrogens is 3. The number of imidazole rings is 1. The number of methoxy groups -OCH3 is 1. The van der Waals surface area contributed by atoms with Crippen LogP contribution in [0.5, 0.6) is 11.5 Å². The number of aromatic amines is 1. The molecule has 2 aromatic heterocycles. The fourth-order valence-electron chi connectivity index (χ4n) is 5.85. The molecule has 6 rings (SSSR count). The highest BCUT2D eigenvalue weighted by molar-refractivity contribution is 7.91. The number of pyridine rings is 1. The lowest BCUT2D eigenvalue weighted by atomic mass is 10.1. The Morgan fingerprint density at radius 3 is 2.52 bits per heavy atom. The van der Waals surface area contributed by atoms with Gasteiger partial charge in [-0.25, -0.2) is 22.6 Å². The van der Waals surface area contributed by atoms with Crippen molar-refractivity contribution in [3.8, 4) is 11.5 Å². The van der Waals surface area contributed by atoms with Crippen LogP contribution < -0.4 is 19.8 Å². The van der Waals surface area contributed by atoms with Gasteiger partial charge in [-0.05, 0) is 31.0 Å². The van der Waals surface area contributed by atoms with E-state index in [4.69, 9.17) is 4.74 Å². The van der Waals surface area contributed by atoms with Gasteiger partial charge in [-0.15, -0.1) is 0 Å². The molecule has 0 amide bonds. The first-order chi connectivity index (χ1) is 21.9. The van der Waals surface area contributed by atoms with E-state index in [0.29, 0.717) is 18.6 Å². The zero-order valence-electron chi connectivity index (χ0n) is 24.5. The van der Waals surface area contributed by atoms with Crippen molar-refractivity contribution < 1.29 is 46.1 Å². The van der Waals surface area contributed by atoms with Gasteiger partial charge in [-0.2, -0.15) is 8.78 Å². The minimum absolute atomic E-state index is 0.00377. The minimum Gasteiger partial charge on any atom is -0.492 e. The number of H-pyrrole nitrogens is 1. The second kappa shape index (κ2) is 12.1. The highest BCUT2D eigenvalue weighted by Crippen LogP contribution is 2.43. The highest BCUT2D eigenvalue weighted by atomic mass is 32.2. The number of hydrogen-bond acceptors (Lipinski definition) is 10. The van der Waals surface area contributed by atoms with Crippen molar-refractivity contribution >= 4 is 43.4 Å². The van der Waals surface area contributed by atoms with Gasteiger partial charge in [0.2, 0.25) is 20.4 Å². The van der Waals surface area contributed by atoms with E-state index in [-0.39, 0.29) is 59.3 Å². The van der Waals surface area contributed by atoms with Crippen LogP contribution in [-0.2, 0) is 9.84 Å². The number of aliphatic hydroxyl groups excluding tert-OH is 1. The van der Waals surface area contributed by atoms with Gasteiger partial charge in [0.25, 0.3) is 0 Å². The number of ether oxygens (including phenoxy) is 2. The molecule has 4 aromatic rings. The Kier molecular flexibility index (Phi) is 8.32. The molecule has 46 heavy (non-hydrogen) atoms. The smallest absolute Gasteiger partial charge is 0.387 e. The Balaban J connectivity index is 1.16. The molecule has 1 aliphatic heterocycles. The van der Waals surface area contributed by atoms with E-state index in [1.807, 2.05) is 4.90 Å². The van der Waals surface area contributed by atoms with Crippen molar-refractivity contribution in [2.24, 2.45) is 0 Å². The van der Waals surface area contributed by atoms with Crippen LogP contribution in [0, 0.1) is 5.82 Å². The van der Waals surface area contributed by atoms with Gasteiger partial charge in [-0.1, -0.05) is 0 Å². The molecule has 17 heteroatoms. The molecule has 3 heterocycles. The van der Waals surface area contributed by atoms with Gasteiger partial charge >= 0.3 is 12.6 Å². The Morgan fingerprint density at radius 1 is 1.17 bits per heavy atom. The monoisotopic (exact) mass is 665 g/mol. The quantitative estimate of drug-likeness (QED) is 0.216. The molecular formula is C29H30F3N5O8S. The average molecular weight is 666 g/mol. The number of hydrogen-bond donors (Lipinski definition) is 3. The summed E-state index contributed by atoms with van der Waals surface area (Å²) in [7, 11) is -2.73. The number of sulfone groups is 1. The Labute approximate surface area is 259 Å². The number of piperazine rings is 1. The van der Waals surface area contributed by atoms with E-state index >= 15 is 4.39 Å². The third kappa shape index (κ3) is 6.09. The number of anilines is 1. The number of fused-ring (bicyclic) bond motifs is 2. The number of alkyl halides is 2. The number of rotatable bonds is 11. The first kappa shape index (κ1) is 31.6. The summed E-state index contributed by atoms with van der Waals surface area (Å²) in [5.74, 6) is -2.85. The Bertz CT molecular complexity index is 1990. The molecule has 1 atom stereocenters. The number of aromatic carboxylic acids is 1. The number of carboxylic acid groups (broad SMARTS) is 1. The number of nitrogens with zero attached hydrogens (tertiary/aromatic N) is 4. The lowest BCUT2D eigenvalue weighted by molar-refractivity contribution is -0.0497. The molecule has 1 saturated heterocycles. The summed E-state index contributed by atoms with van der Waals surface area (Å²) >= 11 is 0. The lowest BCUT2D eigenvalue weighted by Crippen LogP contribution is -2.49. The average Bonchev–Trinajstić information content (AvgIpc) is 3.74. The first-order valence-corrected chi connectivity index (χ1v) is 16.0. The summed E-state index contributed by atoms with van der Waals surface area (Å²) in [6, 6.07) is 4.78. The van der Waals surface area contributed by atoms with Crippen LogP contribution in [-0.4, -0.2) is 102 Å².